The second kappa shape index (κ2) is 1370000. The average molecular weight is 811 g/mol. The molecule has 0 aliphatic carbocycles. The zero-order chi connectivity index (χ0) is 18.0. The van der Waals surface area contributed by atoms with Crippen molar-refractivity contribution in [1.29, 1.82) is 0 Å². The van der Waals surface area contributed by atoms with Crippen LogP contribution in [0.2, 0.25) is 0 Å². The first-order valence-corrected chi connectivity index (χ1v) is 7.71. The summed E-state index contributed by atoms with van der Waals surface area (Å²) < 4.78 is 60.0. The van der Waals surface area contributed by atoms with Crippen molar-refractivity contribution in [2.75, 3.05) is 0 Å². The Morgan fingerprint density at radius 1 is 0.391 bits per heavy atom. The summed E-state index contributed by atoms with van der Waals surface area (Å²) in [6.45, 7) is 36.0. The molecule has 11 nitrogen and oxygen atoms in total. The van der Waals surface area contributed by atoms with Crippen molar-refractivity contribution < 1.29 is 91.3 Å². The minimum Gasteiger partial charge on any atom is 0 e. The van der Waals surface area contributed by atoms with Crippen LogP contribution in [0.5, 0.6) is 0 Å². The van der Waals surface area contributed by atoms with Gasteiger partial charge < -0.3 is 16.4 Å². The molecule has 0 atom stereocenters. The van der Waals surface area contributed by atoms with Gasteiger partial charge in [-0.3, -0.25) is 0 Å². The summed E-state index contributed by atoms with van der Waals surface area (Å²) in [6.07, 6.45) is 0. The van der Waals surface area contributed by atoms with Gasteiger partial charge in [-0.05, 0) is 0 Å². The average Bonchev–Trinajstić information content (AvgIpc) is 2.63. The SMILES string of the molecule is Br.O.O.O.[Br][Re].[C-]#[O+].[C-]#[O+].[C-]#[O+].[C-]#[O+].[C-]#[O+].[C-]#[O+].[C-]#[O+].[C-]#[O+].[Re]. The quantitative estimate of drug-likeness (QED) is 0.203. The molecule has 0 heterocycles. The first-order valence-electron chi connectivity index (χ1n) is 1.78. The summed E-state index contributed by atoms with van der Waals surface area (Å²) in [6, 6.07) is 0. The second-order valence-electron chi connectivity index (χ2n) is 0. The molecule has 0 spiro atoms. The number of rotatable bonds is 0. The van der Waals surface area contributed by atoms with Crippen LogP contribution in [0.3, 0.4) is 0 Å². The Morgan fingerprint density at radius 2 is 0.391 bits per heavy atom. The Kier molecular flexibility index (Phi) is 8120000. The van der Waals surface area contributed by atoms with E-state index in [0.717, 1.165) is 0 Å². The second-order valence-corrected chi connectivity index (χ2v) is 0. The molecule has 0 aromatic carbocycles. The van der Waals surface area contributed by atoms with Crippen LogP contribution in [0.15, 0.2) is 0 Å². The van der Waals surface area contributed by atoms with E-state index in [2.05, 4.69) is 66.6 Å². The predicted molar refractivity (Wildman–Crippen MR) is 61.5 cm³/mol. The van der Waals surface area contributed by atoms with Crippen LogP contribution >= 0.6 is 30.4 Å². The van der Waals surface area contributed by atoms with Crippen LogP contribution in [0.4, 0.5) is 0 Å². The number of hydrogen-bond acceptors (Lipinski definition) is 0. The number of hydrogen-bond donors (Lipinski definition) is 0. The molecule has 0 amide bonds. The normalized spacial score (nSPS) is 0.957. The zero-order valence-corrected chi connectivity index (χ0v) is 19.0. The zero-order valence-electron chi connectivity index (χ0n) is 10.3. The van der Waals surface area contributed by atoms with Crippen LogP contribution in [0, 0.1) is 53.2 Å². The third-order valence-corrected chi connectivity index (χ3v) is 0. The molecule has 0 saturated heterocycles. The Hall–Kier alpha value is 0.0847. The van der Waals surface area contributed by atoms with Crippen LogP contribution in [-0.2, 0) is 74.8 Å². The summed E-state index contributed by atoms with van der Waals surface area (Å²) in [5.74, 6) is 0. The van der Waals surface area contributed by atoms with Gasteiger partial charge in [-0.2, -0.15) is 0 Å². The van der Waals surface area contributed by atoms with Gasteiger partial charge in [-0.25, -0.2) is 0 Å². The van der Waals surface area contributed by atoms with Crippen molar-refractivity contribution in [3.05, 3.63) is 53.2 Å². The topological polar surface area (TPSA) is 254 Å². The van der Waals surface area contributed by atoms with Crippen molar-refractivity contribution in [3.8, 4) is 0 Å². The molecule has 6 N–H and O–H groups in total. The van der Waals surface area contributed by atoms with E-state index < -0.39 is 0 Å². The maximum atomic E-state index is 7.50. The van der Waals surface area contributed by atoms with E-state index in [4.69, 9.17) is 37.2 Å². The molecular weight excluding hydrogens is 804 g/mol. The molecule has 0 aliphatic heterocycles. The molecule has 0 aromatic heterocycles. The Bertz CT molecular complexity index is 148. The van der Waals surface area contributed by atoms with Crippen molar-refractivity contribution in [2.24, 2.45) is 0 Å². The third-order valence-electron chi connectivity index (χ3n) is 0. The smallest absolute Gasteiger partial charge is 0 e. The third kappa shape index (κ3) is 1240000. The fraction of sp³-hybridized carbons (Fsp3) is 0. The molecule has 0 unspecified atom stereocenters. The molecular formula is C8H7Br2O11Re2. The molecule has 1 radical (unpaired) electrons. The van der Waals surface area contributed by atoms with Crippen LogP contribution in [0.25, 0.3) is 0 Å². The van der Waals surface area contributed by atoms with E-state index >= 15 is 0 Å². The summed E-state index contributed by atoms with van der Waals surface area (Å²) in [7, 11) is 0. The molecule has 0 rings (SSSR count). The fourth-order valence-electron chi connectivity index (χ4n) is 0. The van der Waals surface area contributed by atoms with Gasteiger partial charge in [-0.15, -0.1) is 17.0 Å². The minimum absolute atomic E-state index is 0. The van der Waals surface area contributed by atoms with E-state index in [0.29, 0.717) is 0 Å². The van der Waals surface area contributed by atoms with E-state index in [9.17, 15) is 0 Å². The summed E-state index contributed by atoms with van der Waals surface area (Å²) >= 11 is 4.53. The van der Waals surface area contributed by atoms with Gasteiger partial charge in [0.25, 0.3) is 0 Å². The molecule has 0 bridgehead atoms. The Balaban J connectivity index is -0.00000000321. The van der Waals surface area contributed by atoms with Gasteiger partial charge in [0.05, 0.1) is 0 Å². The maximum Gasteiger partial charge on any atom is 0 e. The van der Waals surface area contributed by atoms with Gasteiger partial charge in [0.1, 0.15) is 0 Å². The van der Waals surface area contributed by atoms with E-state index in [-0.39, 0.29) is 53.8 Å². The minimum atomic E-state index is 0. The van der Waals surface area contributed by atoms with Gasteiger partial charge in [-0.1, -0.05) is 0 Å². The first-order chi connectivity index (χ1) is 9.00. The summed E-state index contributed by atoms with van der Waals surface area (Å²) in [5.41, 5.74) is 0. The summed E-state index contributed by atoms with van der Waals surface area (Å²) in [5, 5.41) is 0. The Labute approximate surface area is 174 Å². The van der Waals surface area contributed by atoms with E-state index in [1.807, 2.05) is 0 Å². The molecule has 0 aliphatic rings. The molecule has 15 heteroatoms. The van der Waals surface area contributed by atoms with Gasteiger partial charge in [0.15, 0.2) is 0 Å². The van der Waals surface area contributed by atoms with Gasteiger partial charge in [0.2, 0.25) is 0 Å². The molecule has 23 heavy (non-hydrogen) atoms. The van der Waals surface area contributed by atoms with Crippen LogP contribution in [0.1, 0.15) is 0 Å². The number of halogens is 2. The van der Waals surface area contributed by atoms with Crippen LogP contribution in [-0.4, -0.2) is 16.4 Å². The van der Waals surface area contributed by atoms with Crippen molar-refractivity contribution in [2.45, 2.75) is 0 Å². The van der Waals surface area contributed by atoms with Crippen molar-refractivity contribution in [3.63, 3.8) is 0 Å². The molecule has 0 saturated carbocycles. The Morgan fingerprint density at radius 3 is 0.391 bits per heavy atom. The monoisotopic (exact) mass is 811 g/mol. The molecule has 0 fully saturated rings. The fourth-order valence-corrected chi connectivity index (χ4v) is 0. The predicted octanol–water partition coefficient (Wildman–Crippen LogP) is -1.36. The summed E-state index contributed by atoms with van der Waals surface area (Å²) in [4.78, 5) is 0. The van der Waals surface area contributed by atoms with E-state index in [1.54, 1.807) is 0 Å². The van der Waals surface area contributed by atoms with Gasteiger partial charge in [0, 0.05) is 20.4 Å². The maximum absolute atomic E-state index is 7.50. The van der Waals surface area contributed by atoms with Gasteiger partial charge >= 0.3 is 121 Å². The van der Waals surface area contributed by atoms with Crippen molar-refractivity contribution in [1.82, 2.24) is 0 Å². The molecule has 133 valence electrons. The van der Waals surface area contributed by atoms with Crippen LogP contribution < -0.4 is 0 Å². The molecule has 0 aromatic rings. The largest absolute Gasteiger partial charge is 0 e. The first kappa shape index (κ1) is 136. The standard InChI is InChI=1S/8CO.2BrH.3H2O.2Re/c8*1-2;;;;;;;/h;;;;;;;;2*1H;3*1H2;;/q;;;;;;;;;;;;;;+1/p-1. The van der Waals surface area contributed by atoms with Crippen molar-refractivity contribution >= 4 is 30.4 Å². The van der Waals surface area contributed by atoms with E-state index in [1.165, 1.54) is 17.2 Å².